The molecule has 2 unspecified atom stereocenters. The maximum absolute atomic E-state index is 13.5. The van der Waals surface area contributed by atoms with Crippen LogP contribution in [0.2, 0.25) is 0 Å². The van der Waals surface area contributed by atoms with Crippen molar-refractivity contribution in [2.75, 3.05) is 6.61 Å². The molecule has 4 heteroatoms. The third-order valence-corrected chi connectivity index (χ3v) is 8.76. The molecule has 0 spiro atoms. The van der Waals surface area contributed by atoms with Crippen LogP contribution in [-0.2, 0) is 4.74 Å². The Kier molecular flexibility index (Phi) is 5.70. The number of aryl methyl sites for hydroxylation is 3. The van der Waals surface area contributed by atoms with Crippen LogP contribution >= 0.6 is 0 Å². The van der Waals surface area contributed by atoms with Crippen LogP contribution in [0.3, 0.4) is 0 Å². The molecule has 3 aliphatic rings. The Bertz CT molecular complexity index is 1300. The van der Waals surface area contributed by atoms with Gasteiger partial charge < -0.3 is 9.64 Å². The van der Waals surface area contributed by atoms with E-state index in [2.05, 4.69) is 68.4 Å². The molecule has 0 radical (unpaired) electrons. The zero-order valence-electron chi connectivity index (χ0n) is 21.3. The van der Waals surface area contributed by atoms with Gasteiger partial charge in [0.1, 0.15) is 6.61 Å². The maximum Gasteiger partial charge on any atom is 0.410 e. The number of rotatable bonds is 4. The zero-order valence-corrected chi connectivity index (χ0v) is 21.3. The number of nitrogens with zero attached hydrogens (tertiary/aromatic N) is 1. The summed E-state index contributed by atoms with van der Waals surface area (Å²) in [4.78, 5) is 28.8. The summed E-state index contributed by atoms with van der Waals surface area (Å²) < 4.78 is 5.99. The summed E-state index contributed by atoms with van der Waals surface area (Å²) >= 11 is 0. The van der Waals surface area contributed by atoms with Gasteiger partial charge in [-0.2, -0.15) is 0 Å². The summed E-state index contributed by atoms with van der Waals surface area (Å²) in [6.45, 7) is 6.52. The smallest absolute Gasteiger partial charge is 0.410 e. The minimum absolute atomic E-state index is 0.0269. The highest BCUT2D eigenvalue weighted by atomic mass is 16.6. The normalized spacial score (nSPS) is 22.3. The first-order valence-corrected chi connectivity index (χ1v) is 13.2. The number of hydrogen-bond acceptors (Lipinski definition) is 3. The van der Waals surface area contributed by atoms with E-state index in [-0.39, 0.29) is 35.8 Å². The van der Waals surface area contributed by atoms with Gasteiger partial charge in [0.15, 0.2) is 5.78 Å². The lowest BCUT2D eigenvalue weighted by molar-refractivity contribution is 0.0505. The summed E-state index contributed by atoms with van der Waals surface area (Å²) in [7, 11) is 0. The van der Waals surface area contributed by atoms with Crippen molar-refractivity contribution in [2.45, 2.75) is 64.5 Å². The molecular formula is C32H33NO3. The van der Waals surface area contributed by atoms with Crippen molar-refractivity contribution in [2.24, 2.45) is 5.92 Å². The molecule has 0 aromatic heterocycles. The van der Waals surface area contributed by atoms with E-state index in [9.17, 15) is 9.59 Å². The number of ketones is 1. The van der Waals surface area contributed by atoms with Gasteiger partial charge >= 0.3 is 6.09 Å². The van der Waals surface area contributed by atoms with Crippen LogP contribution in [-0.4, -0.2) is 35.5 Å². The molecule has 1 aliphatic carbocycles. The summed E-state index contributed by atoms with van der Waals surface area (Å²) in [5, 5.41) is 0. The Morgan fingerprint density at radius 1 is 0.806 bits per heavy atom. The highest BCUT2D eigenvalue weighted by Gasteiger charge is 2.46. The molecule has 1 amide bonds. The SMILES string of the molecule is Cc1cc(C)c(C(=O)C2CC3CCC(C2)N3C(=O)OCC2c3ccccc3-c3ccccc32)cc1C. The lowest BCUT2D eigenvalue weighted by Gasteiger charge is -2.38. The topological polar surface area (TPSA) is 46.6 Å². The molecule has 6 rings (SSSR count). The van der Waals surface area contributed by atoms with Crippen LogP contribution in [0.15, 0.2) is 60.7 Å². The van der Waals surface area contributed by atoms with Gasteiger partial charge in [0.05, 0.1) is 0 Å². The fraction of sp³-hybridized carbons (Fsp3) is 0.375. The average molecular weight is 480 g/mol. The molecule has 3 aromatic rings. The van der Waals surface area contributed by atoms with E-state index in [4.69, 9.17) is 4.74 Å². The number of amides is 1. The molecule has 2 aliphatic heterocycles. The van der Waals surface area contributed by atoms with Crippen molar-refractivity contribution >= 4 is 11.9 Å². The summed E-state index contributed by atoms with van der Waals surface area (Å²) in [6, 6.07) is 21.1. The number of benzene rings is 3. The number of fused-ring (bicyclic) bond motifs is 5. The molecular weight excluding hydrogens is 446 g/mol. The minimum Gasteiger partial charge on any atom is -0.448 e. The van der Waals surface area contributed by atoms with Gasteiger partial charge in [-0.25, -0.2) is 4.79 Å². The number of hydrogen-bond donors (Lipinski definition) is 0. The molecule has 2 atom stereocenters. The van der Waals surface area contributed by atoms with E-state index in [1.165, 1.54) is 27.8 Å². The fourth-order valence-corrected chi connectivity index (χ4v) is 6.80. The minimum atomic E-state index is -0.224. The largest absolute Gasteiger partial charge is 0.448 e. The third-order valence-electron chi connectivity index (χ3n) is 8.76. The predicted molar refractivity (Wildman–Crippen MR) is 141 cm³/mol. The molecule has 184 valence electrons. The van der Waals surface area contributed by atoms with Crippen molar-refractivity contribution < 1.29 is 14.3 Å². The second-order valence-electron chi connectivity index (χ2n) is 10.9. The quantitative estimate of drug-likeness (QED) is 0.379. The number of carbonyl (C=O) groups excluding carboxylic acids is 2. The third kappa shape index (κ3) is 3.75. The first-order valence-electron chi connectivity index (χ1n) is 13.2. The molecule has 2 fully saturated rings. The van der Waals surface area contributed by atoms with E-state index in [0.717, 1.165) is 42.4 Å². The number of ether oxygens (including phenoxy) is 1. The van der Waals surface area contributed by atoms with Gasteiger partial charge in [-0.3, -0.25) is 4.79 Å². The van der Waals surface area contributed by atoms with Crippen LogP contribution in [0.5, 0.6) is 0 Å². The van der Waals surface area contributed by atoms with Gasteiger partial charge in [0.2, 0.25) is 0 Å². The van der Waals surface area contributed by atoms with Crippen molar-refractivity contribution in [1.82, 2.24) is 4.90 Å². The molecule has 0 N–H and O–H groups in total. The van der Waals surface area contributed by atoms with E-state index in [0.29, 0.717) is 6.61 Å². The van der Waals surface area contributed by atoms with E-state index < -0.39 is 0 Å². The van der Waals surface area contributed by atoms with Crippen LogP contribution in [0.4, 0.5) is 4.79 Å². The van der Waals surface area contributed by atoms with E-state index >= 15 is 0 Å². The Morgan fingerprint density at radius 3 is 1.97 bits per heavy atom. The fourth-order valence-electron chi connectivity index (χ4n) is 6.80. The van der Waals surface area contributed by atoms with Crippen LogP contribution < -0.4 is 0 Å². The van der Waals surface area contributed by atoms with E-state index in [1.807, 2.05) is 17.9 Å². The molecule has 2 heterocycles. The van der Waals surface area contributed by atoms with Gasteiger partial charge in [0.25, 0.3) is 0 Å². The molecule has 36 heavy (non-hydrogen) atoms. The van der Waals surface area contributed by atoms with Crippen LogP contribution in [0.25, 0.3) is 11.1 Å². The highest BCUT2D eigenvalue weighted by molar-refractivity contribution is 5.99. The van der Waals surface area contributed by atoms with Gasteiger partial charge in [-0.05, 0) is 91.5 Å². The van der Waals surface area contributed by atoms with Crippen molar-refractivity contribution in [3.8, 4) is 11.1 Å². The molecule has 3 aromatic carbocycles. The lowest BCUT2D eigenvalue weighted by atomic mass is 9.83. The first kappa shape index (κ1) is 23.0. The van der Waals surface area contributed by atoms with Crippen molar-refractivity contribution in [3.05, 3.63) is 94.0 Å². The average Bonchev–Trinajstić information content (AvgIpc) is 3.35. The Balaban J connectivity index is 1.15. The molecule has 2 saturated heterocycles. The summed E-state index contributed by atoms with van der Waals surface area (Å²) in [6.07, 6.45) is 3.13. The Labute approximate surface area is 213 Å². The monoisotopic (exact) mass is 479 g/mol. The van der Waals surface area contributed by atoms with Gasteiger partial charge in [-0.15, -0.1) is 0 Å². The lowest BCUT2D eigenvalue weighted by Crippen LogP contribution is -2.48. The van der Waals surface area contributed by atoms with Crippen LogP contribution in [0.1, 0.15) is 69.8 Å². The van der Waals surface area contributed by atoms with Crippen molar-refractivity contribution in [1.29, 1.82) is 0 Å². The number of carbonyl (C=O) groups is 2. The Morgan fingerprint density at radius 2 is 1.36 bits per heavy atom. The highest BCUT2D eigenvalue weighted by Crippen LogP contribution is 2.45. The second-order valence-corrected chi connectivity index (χ2v) is 10.9. The standard InChI is InChI=1S/C32H33NO3/c1-19-14-21(3)29(15-20(19)2)31(34)22-16-23-12-13-24(17-22)33(23)32(35)36-18-30-27-10-6-4-8-25(27)26-9-5-7-11-28(26)30/h4-11,14-15,22-24,30H,12-13,16-18H2,1-3H3. The second kappa shape index (κ2) is 8.92. The van der Waals surface area contributed by atoms with Crippen molar-refractivity contribution in [3.63, 3.8) is 0 Å². The van der Waals surface area contributed by atoms with Gasteiger partial charge in [-0.1, -0.05) is 54.6 Å². The number of piperidine rings is 1. The summed E-state index contributed by atoms with van der Waals surface area (Å²) in [5.74, 6) is 0.270. The first-order chi connectivity index (χ1) is 17.4. The molecule has 2 bridgehead atoms. The molecule has 4 nitrogen and oxygen atoms in total. The van der Waals surface area contributed by atoms with E-state index in [1.54, 1.807) is 0 Å². The summed E-state index contributed by atoms with van der Waals surface area (Å²) in [5.41, 5.74) is 9.18. The number of Topliss-reactive ketones (excluding diaryl/α,β-unsaturated/α-hetero) is 1. The predicted octanol–water partition coefficient (Wildman–Crippen LogP) is 6.99. The zero-order chi connectivity index (χ0) is 25.0. The Hall–Kier alpha value is -3.40. The van der Waals surface area contributed by atoms with Crippen LogP contribution in [0, 0.1) is 26.7 Å². The van der Waals surface area contributed by atoms with Gasteiger partial charge in [0, 0.05) is 29.5 Å². The molecule has 0 saturated carbocycles. The maximum atomic E-state index is 13.5.